The Balaban J connectivity index is 0.000000216. The number of nitrogens with two attached hydrogens (primary N) is 1. The van der Waals surface area contributed by atoms with Gasteiger partial charge in [-0.3, -0.25) is 8.98 Å². The number of carbonyl (C=O) groups excluding carboxylic acids is 1. The maximum atomic E-state index is 12.2. The Morgan fingerprint density at radius 3 is 2.49 bits per heavy atom. The third-order valence-electron chi connectivity index (χ3n) is 11.4. The van der Waals surface area contributed by atoms with E-state index < -0.39 is 22.6 Å². The molecule has 0 aromatic heterocycles. The zero-order valence-corrected chi connectivity index (χ0v) is 25.3. The van der Waals surface area contributed by atoms with Crippen molar-refractivity contribution < 1.29 is 42.6 Å². The maximum absolute atomic E-state index is 12.2. The molecule has 9 atom stereocenters. The molecule has 41 heavy (non-hydrogen) atoms. The van der Waals surface area contributed by atoms with Crippen molar-refractivity contribution in [2.75, 3.05) is 6.54 Å². The summed E-state index contributed by atoms with van der Waals surface area (Å²) in [5, 5.41) is 31.9. The van der Waals surface area contributed by atoms with Crippen molar-refractivity contribution in [1.29, 1.82) is 0 Å². The second-order valence-corrected chi connectivity index (χ2v) is 14.7. The SMILES string of the molecule is CC(=O)[C@H]1CCC2[C@@H]3CC(O)C4C[C@@H](OS(=O)(=O)[O-])CC[C@]4(C)C3=CC[C@@]21C.C[C@H]1[NH2+]CCc2cc(O)c(O)cc21. The van der Waals surface area contributed by atoms with E-state index in [-0.39, 0.29) is 45.9 Å². The Morgan fingerprint density at radius 1 is 1.10 bits per heavy atom. The summed E-state index contributed by atoms with van der Waals surface area (Å²) in [6, 6.07) is 3.73. The Labute approximate surface area is 243 Å². The number of rotatable bonds is 3. The first-order chi connectivity index (χ1) is 19.1. The number of Topliss-reactive ketones (excluding diaryl/α,β-unsaturated/α-hetero) is 1. The van der Waals surface area contributed by atoms with Gasteiger partial charge in [0.2, 0.25) is 10.4 Å². The van der Waals surface area contributed by atoms with Crippen molar-refractivity contribution in [1.82, 2.24) is 0 Å². The van der Waals surface area contributed by atoms with E-state index in [2.05, 4.69) is 32.2 Å². The number of phenolic OH excluding ortho intramolecular Hbond substituents is 2. The molecule has 3 unspecified atom stereocenters. The number of carbonyl (C=O) groups is 1. The summed E-state index contributed by atoms with van der Waals surface area (Å²) in [5.41, 5.74) is 3.45. The van der Waals surface area contributed by atoms with Crippen LogP contribution in [0.3, 0.4) is 0 Å². The highest BCUT2D eigenvalue weighted by molar-refractivity contribution is 7.80. The normalized spacial score (nSPS) is 39.7. The molecule has 0 radical (unpaired) electrons. The number of hydrogen-bond donors (Lipinski definition) is 4. The minimum absolute atomic E-state index is 0.00662. The van der Waals surface area contributed by atoms with Gasteiger partial charge in [0.05, 0.1) is 18.8 Å². The van der Waals surface area contributed by atoms with Gasteiger partial charge in [-0.2, -0.15) is 0 Å². The van der Waals surface area contributed by atoms with Gasteiger partial charge in [0.15, 0.2) is 11.5 Å². The molecule has 0 spiro atoms. The summed E-state index contributed by atoms with van der Waals surface area (Å²) in [7, 11) is -4.73. The molecule has 9 nitrogen and oxygen atoms in total. The van der Waals surface area contributed by atoms with Crippen LogP contribution in [0.2, 0.25) is 0 Å². The summed E-state index contributed by atoms with van der Waals surface area (Å²) in [6.45, 7) is 9.29. The molecule has 228 valence electrons. The summed E-state index contributed by atoms with van der Waals surface area (Å²) in [4.78, 5) is 12.2. The molecule has 1 heterocycles. The number of hydrogen-bond acceptors (Lipinski definition) is 8. The fraction of sp³-hybridized carbons (Fsp3) is 0.710. The summed E-state index contributed by atoms with van der Waals surface area (Å²) >= 11 is 0. The first-order valence-corrected chi connectivity index (χ1v) is 16.4. The van der Waals surface area contributed by atoms with Crippen LogP contribution in [0.4, 0.5) is 0 Å². The fourth-order valence-corrected chi connectivity index (χ4v) is 9.86. The second-order valence-electron chi connectivity index (χ2n) is 13.7. The van der Waals surface area contributed by atoms with Crippen molar-refractivity contribution in [3.8, 4) is 11.5 Å². The van der Waals surface area contributed by atoms with Gasteiger partial charge >= 0.3 is 0 Å². The monoisotopic (exact) mass is 591 g/mol. The van der Waals surface area contributed by atoms with Gasteiger partial charge in [-0.05, 0) is 105 Å². The summed E-state index contributed by atoms with van der Waals surface area (Å²) in [5.74, 6) is 0.937. The fourth-order valence-electron chi connectivity index (χ4n) is 9.35. The molecule has 1 aromatic carbocycles. The number of aromatic hydroxyl groups is 2. The summed E-state index contributed by atoms with van der Waals surface area (Å²) < 4.78 is 37.8. The van der Waals surface area contributed by atoms with Crippen LogP contribution in [0.5, 0.6) is 11.5 Å². The average molecular weight is 592 g/mol. The smallest absolute Gasteiger partial charge is 0.217 e. The van der Waals surface area contributed by atoms with Gasteiger partial charge in [-0.1, -0.05) is 25.5 Å². The third kappa shape index (κ3) is 5.58. The van der Waals surface area contributed by atoms with E-state index in [1.165, 1.54) is 5.57 Å². The second kappa shape index (κ2) is 10.9. The number of benzene rings is 1. The van der Waals surface area contributed by atoms with Crippen LogP contribution >= 0.6 is 0 Å². The molecule has 1 aromatic rings. The average Bonchev–Trinajstić information content (AvgIpc) is 3.24. The van der Waals surface area contributed by atoms with Gasteiger partial charge in [0.1, 0.15) is 11.8 Å². The molecule has 0 saturated heterocycles. The number of aliphatic hydroxyl groups excluding tert-OH is 1. The molecule has 5 N–H and O–H groups in total. The largest absolute Gasteiger partial charge is 0.726 e. The Morgan fingerprint density at radius 2 is 1.80 bits per heavy atom. The highest BCUT2D eigenvalue weighted by atomic mass is 32.3. The maximum Gasteiger partial charge on any atom is 0.217 e. The Hall–Kier alpha value is -1.98. The van der Waals surface area contributed by atoms with E-state index in [0.29, 0.717) is 37.6 Å². The molecule has 5 aliphatic rings. The van der Waals surface area contributed by atoms with Gasteiger partial charge in [-0.15, -0.1) is 0 Å². The topological polar surface area (TPSA) is 161 Å². The van der Waals surface area contributed by atoms with Gasteiger partial charge in [-0.25, -0.2) is 8.42 Å². The molecule has 4 aliphatic carbocycles. The molecule has 3 fully saturated rings. The number of aliphatic hydroxyl groups is 1. The van der Waals surface area contributed by atoms with Crippen molar-refractivity contribution in [2.45, 2.75) is 97.3 Å². The summed E-state index contributed by atoms with van der Waals surface area (Å²) in [6.07, 6.45) is 7.19. The standard InChI is InChI=1S/C21H32O6S.C10H13NO2/c1-12(22)15-4-5-16-14-11-19(23)18-10-13(27-28(24,25)26)6-8-21(18,3)17(14)7-9-20(15,16)2;1-6-8-5-10(13)9(12)4-7(8)2-3-11-6/h7,13-16,18-19,23H,4-6,8-11H2,1-3H3,(H,24,25,26);4-6,11-13H,2-3H2,1H3/t13-,14-,15+,16?,18?,19?,20+,21+;6-/m01/s1. The lowest BCUT2D eigenvalue weighted by molar-refractivity contribution is -0.695. The molecule has 1 aliphatic heterocycles. The molecular formula is C31H45NO8S. The van der Waals surface area contributed by atoms with E-state index in [1.807, 2.05) is 0 Å². The third-order valence-corrected chi connectivity index (χ3v) is 11.9. The van der Waals surface area contributed by atoms with Crippen LogP contribution in [0.25, 0.3) is 0 Å². The van der Waals surface area contributed by atoms with E-state index in [0.717, 1.165) is 43.4 Å². The molecule has 3 saturated carbocycles. The van der Waals surface area contributed by atoms with Crippen molar-refractivity contribution in [3.05, 3.63) is 34.9 Å². The highest BCUT2D eigenvalue weighted by Gasteiger charge is 2.60. The van der Waals surface area contributed by atoms with E-state index >= 15 is 0 Å². The van der Waals surface area contributed by atoms with Crippen molar-refractivity contribution in [2.24, 2.45) is 34.5 Å². The molecular weight excluding hydrogens is 546 g/mol. The van der Waals surface area contributed by atoms with Gasteiger partial charge in [0.25, 0.3) is 0 Å². The van der Waals surface area contributed by atoms with Crippen LogP contribution in [0, 0.1) is 34.5 Å². The zero-order chi connectivity index (χ0) is 29.9. The minimum Gasteiger partial charge on any atom is -0.726 e. The minimum atomic E-state index is -4.73. The van der Waals surface area contributed by atoms with Crippen LogP contribution in [-0.4, -0.2) is 52.8 Å². The number of allylic oxidation sites excluding steroid dienone is 2. The lowest BCUT2D eigenvalue weighted by atomic mass is 9.48. The van der Waals surface area contributed by atoms with Crippen LogP contribution in [0.1, 0.15) is 89.8 Å². The first-order valence-electron chi connectivity index (χ1n) is 15.0. The highest BCUT2D eigenvalue weighted by Crippen LogP contribution is 2.65. The van der Waals surface area contributed by atoms with Crippen LogP contribution in [-0.2, 0) is 25.8 Å². The molecule has 10 heteroatoms. The van der Waals surface area contributed by atoms with E-state index in [9.17, 15) is 33.1 Å². The van der Waals surface area contributed by atoms with E-state index in [4.69, 9.17) is 4.18 Å². The van der Waals surface area contributed by atoms with Gasteiger partial charge in [0, 0.05) is 17.9 Å². The number of fused-ring (bicyclic) bond motifs is 6. The number of ketones is 1. The van der Waals surface area contributed by atoms with Crippen LogP contribution in [0.15, 0.2) is 23.8 Å². The lowest BCUT2D eigenvalue weighted by Crippen LogP contribution is -2.86. The molecule has 0 bridgehead atoms. The number of quaternary nitrogens is 1. The first kappa shape index (κ1) is 30.5. The Kier molecular flexibility index (Phi) is 8.13. The number of phenols is 2. The zero-order valence-electron chi connectivity index (χ0n) is 24.5. The van der Waals surface area contributed by atoms with Gasteiger partial charge < -0.3 is 25.2 Å². The predicted molar refractivity (Wildman–Crippen MR) is 151 cm³/mol. The van der Waals surface area contributed by atoms with Crippen LogP contribution < -0.4 is 5.32 Å². The van der Waals surface area contributed by atoms with E-state index in [1.54, 1.807) is 19.1 Å². The molecule has 0 amide bonds. The van der Waals surface area contributed by atoms with Crippen molar-refractivity contribution >= 4 is 16.2 Å². The molecule has 6 rings (SSSR count). The predicted octanol–water partition coefficient (Wildman–Crippen LogP) is 3.25. The lowest BCUT2D eigenvalue weighted by Gasteiger charge is -2.58. The van der Waals surface area contributed by atoms with Crippen molar-refractivity contribution in [3.63, 3.8) is 0 Å². The quantitative estimate of drug-likeness (QED) is 0.180. The Bertz CT molecular complexity index is 1330.